The van der Waals surface area contributed by atoms with Gasteiger partial charge in [0.05, 0.1) is 0 Å². The molecule has 3 nitrogen and oxygen atoms in total. The number of benzene rings is 1. The lowest BCUT2D eigenvalue weighted by Crippen LogP contribution is -2.38. The Morgan fingerprint density at radius 1 is 1.33 bits per heavy atom. The van der Waals surface area contributed by atoms with Gasteiger partial charge in [-0.1, -0.05) is 31.9 Å². The summed E-state index contributed by atoms with van der Waals surface area (Å²) in [6.45, 7) is 3.98. The lowest BCUT2D eigenvalue weighted by atomic mass is 9.96. The van der Waals surface area contributed by atoms with Crippen LogP contribution in [0.15, 0.2) is 24.3 Å². The number of primary amides is 1. The van der Waals surface area contributed by atoms with Gasteiger partial charge in [-0.2, -0.15) is 0 Å². The second-order valence-corrected chi connectivity index (χ2v) is 5.98. The third kappa shape index (κ3) is 4.27. The summed E-state index contributed by atoms with van der Waals surface area (Å²) < 4.78 is 13.1. The molecule has 1 aliphatic rings. The SMILES string of the molecule is CCCC1CCCN(C(C(N)=O)c2ccc(F)cc2)CC1. The fourth-order valence-corrected chi connectivity index (χ4v) is 3.34. The van der Waals surface area contributed by atoms with Crippen LogP contribution in [0, 0.1) is 11.7 Å². The highest BCUT2D eigenvalue weighted by molar-refractivity contribution is 5.81. The average molecular weight is 292 g/mol. The number of amides is 1. The van der Waals surface area contributed by atoms with Crippen molar-refractivity contribution in [3.05, 3.63) is 35.6 Å². The quantitative estimate of drug-likeness (QED) is 0.905. The molecule has 2 rings (SSSR count). The fraction of sp³-hybridized carbons (Fsp3) is 0.588. The Kier molecular flexibility index (Phi) is 5.74. The molecule has 2 unspecified atom stereocenters. The fourth-order valence-electron chi connectivity index (χ4n) is 3.34. The van der Waals surface area contributed by atoms with Crippen LogP contribution in [0.5, 0.6) is 0 Å². The monoisotopic (exact) mass is 292 g/mol. The number of hydrogen-bond acceptors (Lipinski definition) is 2. The van der Waals surface area contributed by atoms with Crippen LogP contribution in [0.3, 0.4) is 0 Å². The Balaban J connectivity index is 2.11. The van der Waals surface area contributed by atoms with Crippen molar-refractivity contribution in [1.29, 1.82) is 0 Å². The minimum Gasteiger partial charge on any atom is -0.368 e. The number of hydrogen-bond donors (Lipinski definition) is 1. The number of likely N-dealkylation sites (tertiary alicyclic amines) is 1. The lowest BCUT2D eigenvalue weighted by molar-refractivity contribution is -0.123. The molecular formula is C17H25FN2O. The number of nitrogens with zero attached hydrogens (tertiary/aromatic N) is 1. The van der Waals surface area contributed by atoms with Crippen molar-refractivity contribution in [2.45, 2.75) is 45.1 Å². The Morgan fingerprint density at radius 2 is 2.05 bits per heavy atom. The van der Waals surface area contributed by atoms with Crippen molar-refractivity contribution in [3.63, 3.8) is 0 Å². The normalized spacial score (nSPS) is 21.7. The van der Waals surface area contributed by atoms with E-state index >= 15 is 0 Å². The first-order chi connectivity index (χ1) is 10.1. The summed E-state index contributed by atoms with van der Waals surface area (Å²) in [5, 5.41) is 0. The maximum atomic E-state index is 13.1. The van der Waals surface area contributed by atoms with E-state index in [1.165, 1.54) is 31.4 Å². The largest absolute Gasteiger partial charge is 0.368 e. The Morgan fingerprint density at radius 3 is 2.67 bits per heavy atom. The molecule has 4 heteroatoms. The van der Waals surface area contributed by atoms with Gasteiger partial charge in [0.2, 0.25) is 5.91 Å². The average Bonchev–Trinajstić information content (AvgIpc) is 2.67. The molecule has 0 spiro atoms. The van der Waals surface area contributed by atoms with Crippen LogP contribution in [0.4, 0.5) is 4.39 Å². The van der Waals surface area contributed by atoms with Crippen molar-refractivity contribution < 1.29 is 9.18 Å². The highest BCUT2D eigenvalue weighted by atomic mass is 19.1. The van der Waals surface area contributed by atoms with Gasteiger partial charge in [0.15, 0.2) is 0 Å². The molecule has 1 fully saturated rings. The van der Waals surface area contributed by atoms with E-state index < -0.39 is 6.04 Å². The van der Waals surface area contributed by atoms with Gasteiger partial charge in [0.1, 0.15) is 11.9 Å². The van der Waals surface area contributed by atoms with E-state index in [9.17, 15) is 9.18 Å². The first-order valence-corrected chi connectivity index (χ1v) is 7.90. The van der Waals surface area contributed by atoms with Crippen LogP contribution in [0.1, 0.15) is 50.6 Å². The van der Waals surface area contributed by atoms with Crippen LogP contribution in [-0.4, -0.2) is 23.9 Å². The van der Waals surface area contributed by atoms with Crippen LogP contribution >= 0.6 is 0 Å². The summed E-state index contributed by atoms with van der Waals surface area (Å²) in [6.07, 6.45) is 5.89. The molecule has 1 aromatic rings. The summed E-state index contributed by atoms with van der Waals surface area (Å²) in [6, 6.07) is 5.68. The van der Waals surface area contributed by atoms with E-state index in [0.717, 1.165) is 37.4 Å². The summed E-state index contributed by atoms with van der Waals surface area (Å²) in [4.78, 5) is 14.0. The number of rotatable bonds is 5. The summed E-state index contributed by atoms with van der Waals surface area (Å²) >= 11 is 0. The van der Waals surface area contributed by atoms with E-state index in [2.05, 4.69) is 11.8 Å². The standard InChI is InChI=1S/C17H25FN2O/c1-2-4-13-5-3-11-20(12-10-13)16(17(19)21)14-6-8-15(18)9-7-14/h6-9,13,16H,2-5,10-12H2,1H3,(H2,19,21). The molecular weight excluding hydrogens is 267 g/mol. The molecule has 1 aliphatic heterocycles. The van der Waals surface area contributed by atoms with Crippen molar-refractivity contribution in [2.24, 2.45) is 11.7 Å². The van der Waals surface area contributed by atoms with Crippen molar-refractivity contribution in [1.82, 2.24) is 4.90 Å². The van der Waals surface area contributed by atoms with E-state index in [-0.39, 0.29) is 11.7 Å². The number of halogens is 1. The molecule has 0 aromatic heterocycles. The van der Waals surface area contributed by atoms with Gasteiger partial charge in [0, 0.05) is 0 Å². The molecule has 1 saturated heterocycles. The third-order valence-electron chi connectivity index (χ3n) is 4.40. The molecule has 1 heterocycles. The van der Waals surface area contributed by atoms with Crippen molar-refractivity contribution in [3.8, 4) is 0 Å². The van der Waals surface area contributed by atoms with Gasteiger partial charge >= 0.3 is 0 Å². The van der Waals surface area contributed by atoms with Crippen LogP contribution in [0.25, 0.3) is 0 Å². The maximum Gasteiger partial charge on any atom is 0.239 e. The smallest absolute Gasteiger partial charge is 0.239 e. The van der Waals surface area contributed by atoms with Crippen molar-refractivity contribution >= 4 is 5.91 Å². The first-order valence-electron chi connectivity index (χ1n) is 7.90. The molecule has 0 radical (unpaired) electrons. The minimum atomic E-state index is -0.439. The second kappa shape index (κ2) is 7.55. The zero-order valence-electron chi connectivity index (χ0n) is 12.7. The molecule has 0 bridgehead atoms. The van der Waals surface area contributed by atoms with Gasteiger partial charge in [-0.15, -0.1) is 0 Å². The van der Waals surface area contributed by atoms with Crippen LogP contribution in [-0.2, 0) is 4.79 Å². The summed E-state index contributed by atoms with van der Waals surface area (Å²) in [5.74, 6) is 0.109. The second-order valence-electron chi connectivity index (χ2n) is 5.98. The van der Waals surface area contributed by atoms with E-state index in [4.69, 9.17) is 5.73 Å². The maximum absolute atomic E-state index is 13.1. The van der Waals surface area contributed by atoms with Gasteiger partial charge in [0.25, 0.3) is 0 Å². The molecule has 1 aromatic carbocycles. The van der Waals surface area contributed by atoms with E-state index in [1.54, 1.807) is 12.1 Å². The molecule has 0 aliphatic carbocycles. The van der Waals surface area contributed by atoms with Crippen LogP contribution < -0.4 is 5.73 Å². The minimum absolute atomic E-state index is 0.291. The number of carbonyl (C=O) groups excluding carboxylic acids is 1. The highest BCUT2D eigenvalue weighted by Gasteiger charge is 2.28. The molecule has 0 saturated carbocycles. The number of carbonyl (C=O) groups is 1. The van der Waals surface area contributed by atoms with E-state index in [1.807, 2.05) is 0 Å². The molecule has 2 N–H and O–H groups in total. The topological polar surface area (TPSA) is 46.3 Å². The van der Waals surface area contributed by atoms with Crippen molar-refractivity contribution in [2.75, 3.05) is 13.1 Å². The molecule has 116 valence electrons. The van der Waals surface area contributed by atoms with Gasteiger partial charge < -0.3 is 5.73 Å². The van der Waals surface area contributed by atoms with Gasteiger partial charge in [-0.05, 0) is 56.0 Å². The number of nitrogens with two attached hydrogens (primary N) is 1. The Bertz CT molecular complexity index is 460. The molecule has 2 atom stereocenters. The van der Waals surface area contributed by atoms with Gasteiger partial charge in [-0.25, -0.2) is 4.39 Å². The molecule has 1 amide bonds. The Labute approximate surface area is 126 Å². The van der Waals surface area contributed by atoms with Crippen LogP contribution in [0.2, 0.25) is 0 Å². The first kappa shape index (κ1) is 16.0. The molecule has 21 heavy (non-hydrogen) atoms. The predicted octanol–water partition coefficient (Wildman–Crippen LogP) is 3.25. The lowest BCUT2D eigenvalue weighted by Gasteiger charge is -2.28. The highest BCUT2D eigenvalue weighted by Crippen LogP contribution is 2.28. The Hall–Kier alpha value is -1.42. The predicted molar refractivity (Wildman–Crippen MR) is 82.2 cm³/mol. The third-order valence-corrected chi connectivity index (χ3v) is 4.40. The zero-order chi connectivity index (χ0) is 15.2. The zero-order valence-corrected chi connectivity index (χ0v) is 12.7. The van der Waals surface area contributed by atoms with Gasteiger partial charge in [-0.3, -0.25) is 9.69 Å². The van der Waals surface area contributed by atoms with E-state index in [0.29, 0.717) is 0 Å². The summed E-state index contributed by atoms with van der Waals surface area (Å²) in [7, 11) is 0. The summed E-state index contributed by atoms with van der Waals surface area (Å²) in [5.41, 5.74) is 6.40.